The molecule has 0 saturated carbocycles. The zero-order valence-corrected chi connectivity index (χ0v) is 11.8. The molecular weight excluding hydrogens is 262 g/mol. The third-order valence-corrected chi connectivity index (χ3v) is 3.40. The van der Waals surface area contributed by atoms with E-state index in [1.807, 2.05) is 42.5 Å². The molecule has 1 aromatic heterocycles. The summed E-state index contributed by atoms with van der Waals surface area (Å²) in [5.41, 5.74) is 3.06. The fourth-order valence-corrected chi connectivity index (χ4v) is 2.45. The van der Waals surface area contributed by atoms with Crippen LogP contribution in [-0.4, -0.2) is 15.9 Å². The molecule has 21 heavy (non-hydrogen) atoms. The number of carbonyl (C=O) groups is 1. The van der Waals surface area contributed by atoms with Crippen molar-refractivity contribution in [1.29, 1.82) is 0 Å². The second kappa shape index (κ2) is 5.79. The van der Waals surface area contributed by atoms with Crippen LogP contribution in [0.15, 0.2) is 54.6 Å². The number of carbonyl (C=O) groups excluding carboxylic acids is 1. The molecule has 0 aliphatic carbocycles. The van der Waals surface area contributed by atoms with Gasteiger partial charge in [0.05, 0.1) is 17.1 Å². The van der Waals surface area contributed by atoms with Crippen molar-refractivity contribution in [3.8, 4) is 0 Å². The Labute approximate surface area is 123 Å². The van der Waals surface area contributed by atoms with Crippen molar-refractivity contribution in [2.24, 2.45) is 0 Å². The number of fused-ring (bicyclic) bond motifs is 1. The van der Waals surface area contributed by atoms with E-state index in [2.05, 4.69) is 27.4 Å². The molecule has 0 saturated heterocycles. The molecule has 0 radical (unpaired) electrons. The Morgan fingerprint density at radius 2 is 1.86 bits per heavy atom. The number of hydrogen-bond donors (Lipinski definition) is 2. The SMILES string of the molecule is CC(=O)N[C@@H](Cc1ccccc1)c1nc2ccccc2[nH]1. The minimum absolute atomic E-state index is 0.0589. The van der Waals surface area contributed by atoms with Crippen molar-refractivity contribution in [2.75, 3.05) is 0 Å². The van der Waals surface area contributed by atoms with E-state index in [-0.39, 0.29) is 11.9 Å². The summed E-state index contributed by atoms with van der Waals surface area (Å²) in [7, 11) is 0. The minimum atomic E-state index is -0.155. The van der Waals surface area contributed by atoms with Crippen molar-refractivity contribution < 1.29 is 4.79 Å². The Hall–Kier alpha value is -2.62. The van der Waals surface area contributed by atoms with Crippen LogP contribution in [0.5, 0.6) is 0 Å². The molecule has 0 bridgehead atoms. The average Bonchev–Trinajstić information content (AvgIpc) is 2.91. The van der Waals surface area contributed by atoms with Gasteiger partial charge < -0.3 is 10.3 Å². The topological polar surface area (TPSA) is 57.8 Å². The molecule has 3 rings (SSSR count). The van der Waals surface area contributed by atoms with Crippen LogP contribution in [0, 0.1) is 0 Å². The van der Waals surface area contributed by atoms with Gasteiger partial charge in [-0.05, 0) is 24.1 Å². The highest BCUT2D eigenvalue weighted by Crippen LogP contribution is 2.19. The Morgan fingerprint density at radius 1 is 1.14 bits per heavy atom. The largest absolute Gasteiger partial charge is 0.346 e. The fourth-order valence-electron chi connectivity index (χ4n) is 2.45. The predicted molar refractivity (Wildman–Crippen MR) is 82.8 cm³/mol. The quantitative estimate of drug-likeness (QED) is 0.771. The first kappa shape index (κ1) is 13.4. The van der Waals surface area contributed by atoms with Gasteiger partial charge in [-0.2, -0.15) is 0 Å². The maximum Gasteiger partial charge on any atom is 0.217 e. The van der Waals surface area contributed by atoms with Gasteiger partial charge in [0.15, 0.2) is 0 Å². The van der Waals surface area contributed by atoms with Gasteiger partial charge in [0.25, 0.3) is 0 Å². The summed E-state index contributed by atoms with van der Waals surface area (Å²) >= 11 is 0. The number of para-hydroxylation sites is 2. The number of benzene rings is 2. The molecule has 1 heterocycles. The molecular formula is C17H17N3O. The lowest BCUT2D eigenvalue weighted by atomic mass is 10.1. The fraction of sp³-hybridized carbons (Fsp3) is 0.176. The Balaban J connectivity index is 1.92. The summed E-state index contributed by atoms with van der Waals surface area (Å²) in [5.74, 6) is 0.728. The van der Waals surface area contributed by atoms with Gasteiger partial charge in [0, 0.05) is 6.92 Å². The summed E-state index contributed by atoms with van der Waals surface area (Å²) in [6.45, 7) is 1.53. The van der Waals surface area contributed by atoms with Gasteiger partial charge in [0.1, 0.15) is 5.82 Å². The summed E-state index contributed by atoms with van der Waals surface area (Å²) in [6.07, 6.45) is 0.709. The van der Waals surface area contributed by atoms with Crippen molar-refractivity contribution in [1.82, 2.24) is 15.3 Å². The summed E-state index contributed by atoms with van der Waals surface area (Å²) in [5, 5.41) is 2.97. The number of H-pyrrole nitrogens is 1. The van der Waals surface area contributed by atoms with Gasteiger partial charge in [-0.25, -0.2) is 4.98 Å². The van der Waals surface area contributed by atoms with Gasteiger partial charge in [-0.1, -0.05) is 42.5 Å². The standard InChI is InChI=1S/C17H17N3O/c1-12(21)18-16(11-13-7-3-2-4-8-13)17-19-14-9-5-6-10-15(14)20-17/h2-10,16H,11H2,1H3,(H,18,21)(H,19,20)/t16-/m0/s1. The smallest absolute Gasteiger partial charge is 0.217 e. The van der Waals surface area contributed by atoms with E-state index in [0.29, 0.717) is 6.42 Å². The molecule has 0 aliphatic heterocycles. The van der Waals surface area contributed by atoms with Crippen LogP contribution < -0.4 is 5.32 Å². The number of hydrogen-bond acceptors (Lipinski definition) is 2. The Kier molecular flexibility index (Phi) is 3.69. The number of aromatic amines is 1. The molecule has 3 aromatic rings. The van der Waals surface area contributed by atoms with Gasteiger partial charge in [-0.15, -0.1) is 0 Å². The molecule has 0 spiro atoms. The highest BCUT2D eigenvalue weighted by Gasteiger charge is 2.17. The van der Waals surface area contributed by atoms with Crippen LogP contribution in [-0.2, 0) is 11.2 Å². The van der Waals surface area contributed by atoms with Crippen LogP contribution in [0.4, 0.5) is 0 Å². The normalized spacial score (nSPS) is 12.2. The molecule has 0 unspecified atom stereocenters. The first-order chi connectivity index (χ1) is 10.2. The molecule has 4 heteroatoms. The zero-order chi connectivity index (χ0) is 14.7. The second-order valence-corrected chi connectivity index (χ2v) is 5.08. The van der Waals surface area contributed by atoms with Gasteiger partial charge in [-0.3, -0.25) is 4.79 Å². The molecule has 4 nitrogen and oxygen atoms in total. The number of nitrogens with one attached hydrogen (secondary N) is 2. The zero-order valence-electron chi connectivity index (χ0n) is 11.8. The second-order valence-electron chi connectivity index (χ2n) is 5.08. The monoisotopic (exact) mass is 279 g/mol. The van der Waals surface area contributed by atoms with E-state index in [4.69, 9.17) is 0 Å². The average molecular weight is 279 g/mol. The summed E-state index contributed by atoms with van der Waals surface area (Å²) < 4.78 is 0. The predicted octanol–water partition coefficient (Wildman–Crippen LogP) is 2.98. The number of nitrogens with zero attached hydrogens (tertiary/aromatic N) is 1. The Morgan fingerprint density at radius 3 is 2.57 bits per heavy atom. The van der Waals surface area contributed by atoms with Crippen LogP contribution >= 0.6 is 0 Å². The van der Waals surface area contributed by atoms with E-state index in [1.54, 1.807) is 0 Å². The van der Waals surface area contributed by atoms with Crippen molar-refractivity contribution in [3.63, 3.8) is 0 Å². The highest BCUT2D eigenvalue weighted by atomic mass is 16.1. The van der Waals surface area contributed by atoms with Crippen molar-refractivity contribution in [2.45, 2.75) is 19.4 Å². The van der Waals surface area contributed by atoms with E-state index in [0.717, 1.165) is 22.4 Å². The van der Waals surface area contributed by atoms with Crippen LogP contribution in [0.25, 0.3) is 11.0 Å². The van der Waals surface area contributed by atoms with Crippen molar-refractivity contribution >= 4 is 16.9 Å². The van der Waals surface area contributed by atoms with Crippen LogP contribution in [0.2, 0.25) is 0 Å². The highest BCUT2D eigenvalue weighted by molar-refractivity contribution is 5.76. The van der Waals surface area contributed by atoms with Crippen LogP contribution in [0.3, 0.4) is 0 Å². The van der Waals surface area contributed by atoms with E-state index in [1.165, 1.54) is 6.92 Å². The molecule has 0 aliphatic rings. The lowest BCUT2D eigenvalue weighted by molar-refractivity contribution is -0.119. The molecule has 2 aromatic carbocycles. The Bertz CT molecular complexity index is 716. The first-order valence-corrected chi connectivity index (χ1v) is 6.98. The maximum absolute atomic E-state index is 11.5. The van der Waals surface area contributed by atoms with Crippen molar-refractivity contribution in [3.05, 3.63) is 66.0 Å². The lowest BCUT2D eigenvalue weighted by Crippen LogP contribution is -2.28. The molecule has 1 amide bonds. The number of rotatable bonds is 4. The first-order valence-electron chi connectivity index (χ1n) is 6.98. The van der Waals surface area contributed by atoms with Crippen LogP contribution in [0.1, 0.15) is 24.4 Å². The third kappa shape index (κ3) is 3.11. The number of amides is 1. The minimum Gasteiger partial charge on any atom is -0.346 e. The summed E-state index contributed by atoms with van der Waals surface area (Å²) in [4.78, 5) is 19.4. The lowest BCUT2D eigenvalue weighted by Gasteiger charge is -2.15. The molecule has 0 fully saturated rings. The number of aromatic nitrogens is 2. The van der Waals surface area contributed by atoms with E-state index >= 15 is 0 Å². The third-order valence-electron chi connectivity index (χ3n) is 3.40. The van der Waals surface area contributed by atoms with E-state index < -0.39 is 0 Å². The summed E-state index contributed by atoms with van der Waals surface area (Å²) in [6, 6.07) is 17.8. The van der Waals surface area contributed by atoms with E-state index in [9.17, 15) is 4.79 Å². The number of imidazole rings is 1. The molecule has 106 valence electrons. The maximum atomic E-state index is 11.5. The molecule has 1 atom stereocenters. The van der Waals surface area contributed by atoms with Gasteiger partial charge in [0.2, 0.25) is 5.91 Å². The molecule has 2 N–H and O–H groups in total. The van der Waals surface area contributed by atoms with Gasteiger partial charge >= 0.3 is 0 Å².